The van der Waals surface area contributed by atoms with Crippen molar-refractivity contribution in [2.45, 2.75) is 18.6 Å². The number of fused-ring (bicyclic) bond motifs is 1. The van der Waals surface area contributed by atoms with Crippen molar-refractivity contribution in [2.75, 3.05) is 26.1 Å². The van der Waals surface area contributed by atoms with E-state index in [-0.39, 0.29) is 11.3 Å². The Morgan fingerprint density at radius 1 is 1.10 bits per heavy atom. The fraction of sp³-hybridized carbons (Fsp3) is 0.286. The Morgan fingerprint density at radius 3 is 2.55 bits per heavy atom. The van der Waals surface area contributed by atoms with Crippen molar-refractivity contribution in [3.63, 3.8) is 0 Å². The van der Waals surface area contributed by atoms with Gasteiger partial charge in [-0.3, -0.25) is 14.2 Å². The van der Waals surface area contributed by atoms with E-state index in [1.807, 2.05) is 13.0 Å². The van der Waals surface area contributed by atoms with Gasteiger partial charge in [-0.25, -0.2) is 4.98 Å². The van der Waals surface area contributed by atoms with Gasteiger partial charge in [0.25, 0.3) is 5.56 Å². The van der Waals surface area contributed by atoms with E-state index < -0.39 is 5.97 Å². The summed E-state index contributed by atoms with van der Waals surface area (Å²) >= 11 is 1.16. The minimum atomic E-state index is -0.431. The molecule has 0 atom stereocenters. The molecule has 8 heteroatoms. The molecule has 0 radical (unpaired) electrons. The third-order valence-corrected chi connectivity index (χ3v) is 4.98. The van der Waals surface area contributed by atoms with Gasteiger partial charge in [-0.15, -0.1) is 0 Å². The number of hydrogen-bond donors (Lipinski definition) is 0. The zero-order chi connectivity index (χ0) is 20.6. The quantitative estimate of drug-likeness (QED) is 0.230. The number of thioether (sulfide) groups is 1. The van der Waals surface area contributed by atoms with Crippen molar-refractivity contribution in [3.05, 3.63) is 58.9 Å². The Labute approximate surface area is 172 Å². The van der Waals surface area contributed by atoms with Crippen molar-refractivity contribution >= 4 is 28.6 Å². The number of carbonyl (C=O) groups is 1. The summed E-state index contributed by atoms with van der Waals surface area (Å²) in [7, 11) is 1.57. The van der Waals surface area contributed by atoms with Gasteiger partial charge < -0.3 is 14.2 Å². The molecule has 152 valence electrons. The van der Waals surface area contributed by atoms with E-state index in [2.05, 4.69) is 4.98 Å². The lowest BCUT2D eigenvalue weighted by Crippen LogP contribution is -2.25. The van der Waals surface area contributed by atoms with E-state index in [0.717, 1.165) is 11.8 Å². The molecule has 0 N–H and O–H groups in total. The summed E-state index contributed by atoms with van der Waals surface area (Å²) in [6.45, 7) is 3.19. The number of ether oxygens (including phenoxy) is 3. The first-order valence-corrected chi connectivity index (χ1v) is 10.2. The first kappa shape index (κ1) is 20.9. The maximum Gasteiger partial charge on any atom is 0.321 e. The van der Waals surface area contributed by atoms with Gasteiger partial charge in [-0.1, -0.05) is 23.9 Å². The summed E-state index contributed by atoms with van der Waals surface area (Å²) in [5, 5.41) is 0.985. The molecule has 2 aromatic carbocycles. The van der Waals surface area contributed by atoms with Crippen LogP contribution in [0.25, 0.3) is 10.9 Å². The molecule has 3 aromatic rings. The topological polar surface area (TPSA) is 79.7 Å². The normalized spacial score (nSPS) is 10.8. The molecule has 0 unspecified atom stereocenters. The molecule has 3 rings (SSSR count). The highest BCUT2D eigenvalue weighted by molar-refractivity contribution is 7.99. The fourth-order valence-corrected chi connectivity index (χ4v) is 3.49. The van der Waals surface area contributed by atoms with Gasteiger partial charge in [0, 0.05) is 7.11 Å². The van der Waals surface area contributed by atoms with Crippen molar-refractivity contribution in [1.82, 2.24) is 9.55 Å². The van der Waals surface area contributed by atoms with Crippen LogP contribution in [0.1, 0.15) is 6.92 Å². The number of nitrogens with zero attached hydrogens (tertiary/aromatic N) is 2. The second kappa shape index (κ2) is 10.1. The van der Waals surface area contributed by atoms with E-state index in [9.17, 15) is 9.59 Å². The van der Waals surface area contributed by atoms with Crippen LogP contribution in [0, 0.1) is 0 Å². The second-order valence-corrected chi connectivity index (χ2v) is 6.97. The van der Waals surface area contributed by atoms with Crippen LogP contribution in [0.15, 0.2) is 58.5 Å². The molecular formula is C21H22N2O5S. The largest absolute Gasteiger partial charge is 0.494 e. The summed E-state index contributed by atoms with van der Waals surface area (Å²) in [5.74, 6) is 0.733. The fourth-order valence-electron chi connectivity index (χ4n) is 2.69. The monoisotopic (exact) mass is 414 g/mol. The molecule has 0 saturated heterocycles. The number of methoxy groups -OCH3 is 1. The number of aromatic nitrogens is 2. The molecule has 0 aliphatic carbocycles. The zero-order valence-corrected chi connectivity index (χ0v) is 17.1. The predicted molar refractivity (Wildman–Crippen MR) is 112 cm³/mol. The molecule has 1 aromatic heterocycles. The van der Waals surface area contributed by atoms with Crippen molar-refractivity contribution in [2.24, 2.45) is 0 Å². The summed E-state index contributed by atoms with van der Waals surface area (Å²) in [5.41, 5.74) is 0.434. The number of carbonyl (C=O) groups excluding carboxylic acids is 1. The minimum absolute atomic E-state index is 0.0188. The van der Waals surface area contributed by atoms with Gasteiger partial charge in [0.2, 0.25) is 0 Å². The lowest BCUT2D eigenvalue weighted by molar-refractivity contribution is -0.131. The third kappa shape index (κ3) is 5.36. The SMILES string of the molecule is CCOc1ccc(OC(=O)CSc2nc3ccccc3c(=O)n2CCOC)cc1. The first-order valence-electron chi connectivity index (χ1n) is 9.17. The van der Waals surface area contributed by atoms with E-state index in [1.165, 1.54) is 4.57 Å². The van der Waals surface area contributed by atoms with Crippen LogP contribution in [0.2, 0.25) is 0 Å². The lowest BCUT2D eigenvalue weighted by atomic mass is 10.2. The summed E-state index contributed by atoms with van der Waals surface area (Å²) in [4.78, 5) is 29.6. The maximum atomic E-state index is 12.8. The van der Waals surface area contributed by atoms with Gasteiger partial charge in [0.05, 0.1) is 36.4 Å². The Hall–Kier alpha value is -2.84. The van der Waals surface area contributed by atoms with Crippen molar-refractivity contribution in [1.29, 1.82) is 0 Å². The van der Waals surface area contributed by atoms with Gasteiger partial charge in [0.15, 0.2) is 5.16 Å². The van der Waals surface area contributed by atoms with Crippen molar-refractivity contribution in [3.8, 4) is 11.5 Å². The Balaban J connectivity index is 1.73. The Bertz CT molecular complexity index is 1030. The van der Waals surface area contributed by atoms with Crippen LogP contribution < -0.4 is 15.0 Å². The molecule has 0 spiro atoms. The smallest absolute Gasteiger partial charge is 0.321 e. The van der Waals surface area contributed by atoms with Gasteiger partial charge >= 0.3 is 5.97 Å². The van der Waals surface area contributed by atoms with Gasteiger partial charge in [-0.05, 0) is 43.3 Å². The average molecular weight is 414 g/mol. The molecule has 0 bridgehead atoms. The number of rotatable bonds is 9. The number of esters is 1. The van der Waals surface area contributed by atoms with Crippen LogP contribution in [-0.2, 0) is 16.1 Å². The van der Waals surface area contributed by atoms with E-state index in [4.69, 9.17) is 14.2 Å². The third-order valence-electron chi connectivity index (χ3n) is 4.03. The van der Waals surface area contributed by atoms with Gasteiger partial charge in [0.1, 0.15) is 11.5 Å². The summed E-state index contributed by atoms with van der Waals surface area (Å²) in [6.07, 6.45) is 0. The van der Waals surface area contributed by atoms with Crippen molar-refractivity contribution < 1.29 is 19.0 Å². The first-order chi connectivity index (χ1) is 14.1. The molecule has 0 fully saturated rings. The van der Waals surface area contributed by atoms with E-state index in [0.29, 0.717) is 47.3 Å². The molecule has 7 nitrogen and oxygen atoms in total. The summed E-state index contributed by atoms with van der Waals surface area (Å²) in [6, 6.07) is 14.0. The molecule has 29 heavy (non-hydrogen) atoms. The molecular weight excluding hydrogens is 392 g/mol. The van der Waals surface area contributed by atoms with Gasteiger partial charge in [-0.2, -0.15) is 0 Å². The highest BCUT2D eigenvalue weighted by Gasteiger charge is 2.14. The van der Waals surface area contributed by atoms with Crippen LogP contribution in [-0.4, -0.2) is 41.6 Å². The molecule has 0 aliphatic rings. The van der Waals surface area contributed by atoms with Crippen LogP contribution in [0.3, 0.4) is 0 Å². The highest BCUT2D eigenvalue weighted by atomic mass is 32.2. The molecule has 1 heterocycles. The van der Waals surface area contributed by atoms with Crippen LogP contribution >= 0.6 is 11.8 Å². The predicted octanol–water partition coefficient (Wildman–Crippen LogP) is 3.14. The number of benzene rings is 2. The minimum Gasteiger partial charge on any atom is -0.494 e. The average Bonchev–Trinajstić information content (AvgIpc) is 2.73. The van der Waals surface area contributed by atoms with Crippen LogP contribution in [0.4, 0.5) is 0 Å². The maximum absolute atomic E-state index is 12.8. The molecule has 0 saturated carbocycles. The Morgan fingerprint density at radius 2 is 1.83 bits per heavy atom. The molecule has 0 amide bonds. The number of hydrogen-bond acceptors (Lipinski definition) is 7. The van der Waals surface area contributed by atoms with Crippen LogP contribution in [0.5, 0.6) is 11.5 Å². The standard InChI is InChI=1S/C21H22N2O5S/c1-3-27-15-8-10-16(11-9-15)28-19(24)14-29-21-22-18-7-5-4-6-17(18)20(25)23(21)12-13-26-2/h4-11H,3,12-14H2,1-2H3. The lowest BCUT2D eigenvalue weighted by Gasteiger charge is -2.12. The summed E-state index contributed by atoms with van der Waals surface area (Å²) < 4.78 is 17.3. The molecule has 0 aliphatic heterocycles. The number of para-hydroxylation sites is 1. The highest BCUT2D eigenvalue weighted by Crippen LogP contribution is 2.21. The second-order valence-electron chi connectivity index (χ2n) is 6.03. The van der Waals surface area contributed by atoms with E-state index in [1.54, 1.807) is 49.6 Å². The van der Waals surface area contributed by atoms with E-state index >= 15 is 0 Å². The zero-order valence-electron chi connectivity index (χ0n) is 16.3. The Kier molecular flexibility index (Phi) is 7.26.